The second kappa shape index (κ2) is 10.5. The molecule has 6 nitrogen and oxygen atoms in total. The van der Waals surface area contributed by atoms with Crippen LogP contribution >= 0.6 is 12.2 Å². The number of aryl methyl sites for hydroxylation is 2. The Labute approximate surface area is 213 Å². The van der Waals surface area contributed by atoms with Gasteiger partial charge in [-0.05, 0) is 75.3 Å². The van der Waals surface area contributed by atoms with Crippen molar-refractivity contribution in [2.24, 2.45) is 0 Å². The van der Waals surface area contributed by atoms with E-state index in [0.29, 0.717) is 0 Å². The van der Waals surface area contributed by atoms with E-state index in [-0.39, 0.29) is 12.1 Å². The molecule has 2 aliphatic rings. The highest BCUT2D eigenvalue weighted by Gasteiger charge is 2.42. The minimum Gasteiger partial charge on any atom is -0.379 e. The van der Waals surface area contributed by atoms with Crippen molar-refractivity contribution in [3.63, 3.8) is 0 Å². The summed E-state index contributed by atoms with van der Waals surface area (Å²) in [6, 6.07) is 17.1. The van der Waals surface area contributed by atoms with Crippen molar-refractivity contribution in [1.82, 2.24) is 19.8 Å². The lowest BCUT2D eigenvalue weighted by Crippen LogP contribution is -2.37. The average Bonchev–Trinajstić information content (AvgIpc) is 3.36. The first-order valence-electron chi connectivity index (χ1n) is 12.6. The van der Waals surface area contributed by atoms with Crippen molar-refractivity contribution in [1.29, 1.82) is 0 Å². The third-order valence-electron chi connectivity index (χ3n) is 7.30. The standard InChI is InChI=1S/C28H35N5OS/c1-20-8-10-23(11-9-20)33-27(26(30-28(33)35)25-7-4-5-12-29-25)24-19-21(2)32(22(24)3)14-6-13-31-15-17-34-18-16-31/h4-5,7-12,19,26-27H,6,13-18H2,1-3H3,(H,30,35)/t26-,27-/m0/s1. The second-order valence-corrected chi connectivity index (χ2v) is 10.0. The number of pyridine rings is 1. The number of hydrogen-bond acceptors (Lipinski definition) is 4. The first-order chi connectivity index (χ1) is 17.0. The van der Waals surface area contributed by atoms with Crippen LogP contribution in [-0.4, -0.2) is 52.4 Å². The number of morpholine rings is 1. The minimum absolute atomic E-state index is 0.0210. The Morgan fingerprint density at radius 1 is 1.03 bits per heavy atom. The predicted octanol–water partition coefficient (Wildman–Crippen LogP) is 4.71. The monoisotopic (exact) mass is 489 g/mol. The van der Waals surface area contributed by atoms with Crippen LogP contribution in [0.25, 0.3) is 0 Å². The molecule has 2 fully saturated rings. The number of ether oxygens (including phenoxy) is 1. The number of nitrogens with zero attached hydrogens (tertiary/aromatic N) is 4. The highest BCUT2D eigenvalue weighted by molar-refractivity contribution is 7.80. The molecule has 0 radical (unpaired) electrons. The number of thiocarbonyl (C=S) groups is 1. The minimum atomic E-state index is -0.0210. The molecule has 2 aromatic heterocycles. The molecule has 7 heteroatoms. The molecule has 5 rings (SSSR count). The summed E-state index contributed by atoms with van der Waals surface area (Å²) in [5, 5.41) is 4.33. The van der Waals surface area contributed by atoms with Crippen LogP contribution < -0.4 is 10.2 Å². The van der Waals surface area contributed by atoms with Gasteiger partial charge in [0.25, 0.3) is 0 Å². The molecule has 3 aromatic rings. The maximum absolute atomic E-state index is 5.90. The summed E-state index contributed by atoms with van der Waals surface area (Å²) in [7, 11) is 0. The van der Waals surface area contributed by atoms with Gasteiger partial charge in [-0.15, -0.1) is 0 Å². The van der Waals surface area contributed by atoms with E-state index >= 15 is 0 Å². The molecular weight excluding hydrogens is 454 g/mol. The van der Waals surface area contributed by atoms with E-state index in [0.717, 1.165) is 62.3 Å². The van der Waals surface area contributed by atoms with Crippen LogP contribution in [0.4, 0.5) is 5.69 Å². The summed E-state index contributed by atoms with van der Waals surface area (Å²) in [6.45, 7) is 12.5. The number of nitrogens with one attached hydrogen (secondary N) is 1. The fraction of sp³-hybridized carbons (Fsp3) is 0.429. The van der Waals surface area contributed by atoms with E-state index < -0.39 is 0 Å². The van der Waals surface area contributed by atoms with Gasteiger partial charge >= 0.3 is 0 Å². The first-order valence-corrected chi connectivity index (χ1v) is 13.0. The normalized spacial score (nSPS) is 20.9. The largest absolute Gasteiger partial charge is 0.379 e. The van der Waals surface area contributed by atoms with Crippen LogP contribution in [0.2, 0.25) is 0 Å². The quantitative estimate of drug-likeness (QED) is 0.485. The summed E-state index contributed by atoms with van der Waals surface area (Å²) >= 11 is 5.90. The Bertz CT molecular complexity index is 1150. The molecule has 1 aromatic carbocycles. The third-order valence-corrected chi connectivity index (χ3v) is 7.62. The van der Waals surface area contributed by atoms with Crippen LogP contribution in [0.5, 0.6) is 0 Å². The van der Waals surface area contributed by atoms with Crippen molar-refractivity contribution in [3.8, 4) is 0 Å². The van der Waals surface area contributed by atoms with Gasteiger partial charge in [0.15, 0.2) is 5.11 Å². The summed E-state index contributed by atoms with van der Waals surface area (Å²) in [5.41, 5.74) is 7.25. The Kier molecular flexibility index (Phi) is 7.18. The van der Waals surface area contributed by atoms with Crippen molar-refractivity contribution < 1.29 is 4.74 Å². The Hall–Kier alpha value is -2.74. The van der Waals surface area contributed by atoms with E-state index in [4.69, 9.17) is 21.9 Å². The molecule has 0 spiro atoms. The van der Waals surface area contributed by atoms with Crippen LogP contribution in [0.3, 0.4) is 0 Å². The van der Waals surface area contributed by atoms with Crippen LogP contribution in [0.15, 0.2) is 54.7 Å². The maximum Gasteiger partial charge on any atom is 0.174 e. The average molecular weight is 490 g/mol. The van der Waals surface area contributed by atoms with Gasteiger partial charge in [0.1, 0.15) is 0 Å². The van der Waals surface area contributed by atoms with Gasteiger partial charge in [-0.1, -0.05) is 23.8 Å². The molecule has 35 heavy (non-hydrogen) atoms. The SMILES string of the molecule is Cc1ccc(N2C(=S)N[C@@H](c3ccccn3)[C@@H]2c2cc(C)n(CCCN3CCOCC3)c2C)cc1. The highest BCUT2D eigenvalue weighted by atomic mass is 32.1. The summed E-state index contributed by atoms with van der Waals surface area (Å²) in [4.78, 5) is 9.48. The molecule has 4 heterocycles. The molecule has 2 saturated heterocycles. The number of benzene rings is 1. The Morgan fingerprint density at radius 2 is 1.80 bits per heavy atom. The van der Waals surface area contributed by atoms with Crippen LogP contribution in [0, 0.1) is 20.8 Å². The molecule has 1 N–H and O–H groups in total. The van der Waals surface area contributed by atoms with Crippen molar-refractivity contribution in [3.05, 3.63) is 82.9 Å². The number of hydrogen-bond donors (Lipinski definition) is 1. The number of anilines is 1. The summed E-state index contributed by atoms with van der Waals surface area (Å²) in [6.07, 6.45) is 2.99. The third kappa shape index (κ3) is 4.99. The zero-order valence-electron chi connectivity index (χ0n) is 20.9. The topological polar surface area (TPSA) is 45.6 Å². The van der Waals surface area contributed by atoms with Gasteiger partial charge in [0, 0.05) is 49.5 Å². The molecule has 0 unspecified atom stereocenters. The van der Waals surface area contributed by atoms with Crippen molar-refractivity contribution in [2.75, 3.05) is 37.7 Å². The molecule has 0 saturated carbocycles. The van der Waals surface area contributed by atoms with Crippen molar-refractivity contribution >= 4 is 23.0 Å². The molecule has 0 amide bonds. The lowest BCUT2D eigenvalue weighted by molar-refractivity contribution is 0.0369. The van der Waals surface area contributed by atoms with Gasteiger partial charge in [-0.3, -0.25) is 9.88 Å². The van der Waals surface area contributed by atoms with Gasteiger partial charge in [0.2, 0.25) is 0 Å². The molecule has 2 atom stereocenters. The summed E-state index contributed by atoms with van der Waals surface area (Å²) in [5.74, 6) is 0. The fourth-order valence-corrected chi connectivity index (χ4v) is 5.75. The maximum atomic E-state index is 5.90. The van der Waals surface area contributed by atoms with Gasteiger partial charge < -0.3 is 19.5 Å². The van der Waals surface area contributed by atoms with E-state index in [9.17, 15) is 0 Å². The zero-order chi connectivity index (χ0) is 24.4. The molecule has 0 aliphatic carbocycles. The van der Waals surface area contributed by atoms with E-state index in [1.807, 2.05) is 18.3 Å². The molecular formula is C28H35N5OS. The van der Waals surface area contributed by atoms with E-state index in [1.165, 1.54) is 22.5 Å². The predicted molar refractivity (Wildman–Crippen MR) is 145 cm³/mol. The van der Waals surface area contributed by atoms with Gasteiger partial charge in [0.05, 0.1) is 31.0 Å². The second-order valence-electron chi connectivity index (χ2n) is 9.62. The number of rotatable bonds is 7. The molecule has 0 bridgehead atoms. The smallest absolute Gasteiger partial charge is 0.174 e. The highest BCUT2D eigenvalue weighted by Crippen LogP contribution is 2.43. The van der Waals surface area contributed by atoms with Crippen LogP contribution in [0.1, 0.15) is 46.7 Å². The van der Waals surface area contributed by atoms with Crippen molar-refractivity contribution in [2.45, 2.75) is 45.8 Å². The van der Waals surface area contributed by atoms with Crippen LogP contribution in [-0.2, 0) is 11.3 Å². The van der Waals surface area contributed by atoms with E-state index in [2.05, 4.69) is 76.9 Å². The molecule has 184 valence electrons. The Morgan fingerprint density at radius 3 is 2.51 bits per heavy atom. The fourth-order valence-electron chi connectivity index (χ4n) is 5.40. The Balaban J connectivity index is 1.46. The van der Waals surface area contributed by atoms with Gasteiger partial charge in [-0.2, -0.15) is 0 Å². The lowest BCUT2D eigenvalue weighted by atomic mass is 9.96. The first kappa shape index (κ1) is 24.0. The van der Waals surface area contributed by atoms with E-state index in [1.54, 1.807) is 0 Å². The molecule has 2 aliphatic heterocycles. The van der Waals surface area contributed by atoms with Gasteiger partial charge in [-0.25, -0.2) is 0 Å². The number of aromatic nitrogens is 2. The lowest BCUT2D eigenvalue weighted by Gasteiger charge is -2.28. The summed E-state index contributed by atoms with van der Waals surface area (Å²) < 4.78 is 7.97. The zero-order valence-corrected chi connectivity index (χ0v) is 21.7.